The highest BCUT2D eigenvalue weighted by atomic mass is 35.5. The fraction of sp³-hybridized carbons (Fsp3) is 0.263. The minimum Gasteiger partial charge on any atom is -0.456 e. The predicted molar refractivity (Wildman–Crippen MR) is 101 cm³/mol. The number of carbonyl (C=O) groups is 2. The number of nitrogens with one attached hydrogen (secondary N) is 1. The molecule has 0 radical (unpaired) electrons. The highest BCUT2D eigenvalue weighted by Crippen LogP contribution is 2.28. The number of halogens is 5. The van der Waals surface area contributed by atoms with E-state index in [4.69, 9.17) is 21.1 Å². The second-order valence-corrected chi connectivity index (χ2v) is 6.52. The third kappa shape index (κ3) is 7.85. The summed E-state index contributed by atoms with van der Waals surface area (Å²) in [5.41, 5.74) is -0.106. The maximum atomic E-state index is 13.8. The Labute approximate surface area is 178 Å². The monoisotopic (exact) mass is 465 g/mol. The first kappa shape index (κ1) is 24.1. The summed E-state index contributed by atoms with van der Waals surface area (Å²) in [6.07, 6.45) is -6.32. The molecule has 2 aromatic carbocycles. The molecule has 0 aliphatic heterocycles. The Kier molecular flexibility index (Phi) is 7.92. The van der Waals surface area contributed by atoms with Crippen LogP contribution in [0, 0.1) is 5.82 Å². The van der Waals surface area contributed by atoms with E-state index in [0.29, 0.717) is 0 Å². The summed E-state index contributed by atoms with van der Waals surface area (Å²) in [4.78, 5) is 23.9. The van der Waals surface area contributed by atoms with E-state index >= 15 is 0 Å². The van der Waals surface area contributed by atoms with Crippen molar-refractivity contribution in [1.29, 1.82) is 0 Å². The Morgan fingerprint density at radius 2 is 1.77 bits per heavy atom. The largest absolute Gasteiger partial charge is 0.573 e. The van der Waals surface area contributed by atoms with Crippen LogP contribution in [0.1, 0.15) is 24.2 Å². The van der Waals surface area contributed by atoms with E-state index < -0.39 is 42.9 Å². The number of amides is 1. The first-order valence-electron chi connectivity index (χ1n) is 8.57. The quantitative estimate of drug-likeness (QED) is 0.329. The molecule has 0 heterocycles. The Morgan fingerprint density at radius 1 is 1.13 bits per heavy atom. The smallest absolute Gasteiger partial charge is 0.456 e. The topological polar surface area (TPSA) is 83.1 Å². The highest BCUT2D eigenvalue weighted by molar-refractivity contribution is 6.31. The van der Waals surface area contributed by atoms with Crippen LogP contribution in [0.5, 0.6) is 11.5 Å². The summed E-state index contributed by atoms with van der Waals surface area (Å²) < 4.78 is 68.7. The molecule has 31 heavy (non-hydrogen) atoms. The Balaban J connectivity index is 2.10. The summed E-state index contributed by atoms with van der Waals surface area (Å²) >= 11 is 5.72. The molecule has 0 bridgehead atoms. The third-order valence-corrected chi connectivity index (χ3v) is 3.63. The molecule has 1 amide bonds. The van der Waals surface area contributed by atoms with Crippen molar-refractivity contribution in [2.24, 2.45) is 0 Å². The number of benzene rings is 2. The highest BCUT2D eigenvalue weighted by Gasteiger charge is 2.31. The number of alkyl halides is 3. The van der Waals surface area contributed by atoms with Gasteiger partial charge in [-0.15, -0.1) is 13.2 Å². The van der Waals surface area contributed by atoms with Crippen LogP contribution in [0.2, 0.25) is 5.02 Å². The van der Waals surface area contributed by atoms with Crippen LogP contribution in [0.4, 0.5) is 28.0 Å². The minimum atomic E-state index is -4.86. The van der Waals surface area contributed by atoms with Crippen LogP contribution < -0.4 is 14.8 Å². The van der Waals surface area contributed by atoms with Gasteiger partial charge in [0.15, 0.2) is 0 Å². The second-order valence-electron chi connectivity index (χ2n) is 6.11. The molecule has 0 atom stereocenters. The van der Waals surface area contributed by atoms with E-state index in [9.17, 15) is 27.2 Å². The van der Waals surface area contributed by atoms with Crippen molar-refractivity contribution in [3.8, 4) is 11.5 Å². The van der Waals surface area contributed by atoms with Crippen molar-refractivity contribution in [3.63, 3.8) is 0 Å². The molecule has 0 aliphatic carbocycles. The first-order chi connectivity index (χ1) is 14.4. The van der Waals surface area contributed by atoms with Crippen LogP contribution in [0.15, 0.2) is 36.4 Å². The number of carbonyl (C=O) groups excluding carboxylic acids is 2. The summed E-state index contributed by atoms with van der Waals surface area (Å²) in [7, 11) is 0. The molecule has 2 aromatic rings. The predicted octanol–water partition coefficient (Wildman–Crippen LogP) is 5.53. The molecule has 1 N–H and O–H groups in total. The summed E-state index contributed by atoms with van der Waals surface area (Å²) in [6, 6.07) is 6.10. The van der Waals surface area contributed by atoms with Gasteiger partial charge in [0.1, 0.15) is 17.3 Å². The molecule has 0 saturated heterocycles. The van der Waals surface area contributed by atoms with Crippen LogP contribution in [0.25, 0.3) is 0 Å². The molecule has 7 nitrogen and oxygen atoms in total. The fourth-order valence-electron chi connectivity index (χ4n) is 2.13. The number of hydrogen-bond acceptors (Lipinski definition) is 6. The minimum absolute atomic E-state index is 0.114. The zero-order valence-electron chi connectivity index (χ0n) is 16.1. The number of anilines is 1. The first-order valence-corrected chi connectivity index (χ1v) is 8.95. The van der Waals surface area contributed by atoms with Gasteiger partial charge in [0.05, 0.1) is 16.7 Å². The molecule has 0 saturated carbocycles. The van der Waals surface area contributed by atoms with Crippen molar-refractivity contribution in [3.05, 3.63) is 52.8 Å². The molecule has 12 heteroatoms. The lowest BCUT2D eigenvalue weighted by atomic mass is 10.1. The Bertz CT molecular complexity index is 934. The lowest BCUT2D eigenvalue weighted by Gasteiger charge is -2.14. The zero-order valence-corrected chi connectivity index (χ0v) is 16.8. The van der Waals surface area contributed by atoms with Crippen molar-refractivity contribution in [2.75, 3.05) is 12.1 Å². The van der Waals surface area contributed by atoms with E-state index in [1.807, 2.05) is 0 Å². The van der Waals surface area contributed by atoms with Crippen LogP contribution >= 0.6 is 11.6 Å². The Hall–Kier alpha value is -3.21. The molecule has 2 rings (SSSR count). The summed E-state index contributed by atoms with van der Waals surface area (Å²) in [5.74, 6) is -2.49. The molecule has 0 aromatic heterocycles. The second kappa shape index (κ2) is 10.2. The molecule has 0 fully saturated rings. The van der Waals surface area contributed by atoms with Gasteiger partial charge in [0, 0.05) is 11.8 Å². The van der Waals surface area contributed by atoms with Crippen molar-refractivity contribution in [2.45, 2.75) is 26.3 Å². The number of hydrogen-bond donors (Lipinski definition) is 1. The van der Waals surface area contributed by atoms with Gasteiger partial charge in [0.25, 0.3) is 5.91 Å². The van der Waals surface area contributed by atoms with Gasteiger partial charge in [-0.1, -0.05) is 11.6 Å². The average molecular weight is 466 g/mol. The van der Waals surface area contributed by atoms with Crippen LogP contribution in [-0.2, 0) is 9.47 Å². The molecule has 0 aliphatic rings. The molecule has 0 unspecified atom stereocenters. The molecular weight excluding hydrogens is 450 g/mol. The van der Waals surface area contributed by atoms with Gasteiger partial charge in [-0.2, -0.15) is 0 Å². The van der Waals surface area contributed by atoms with Crippen molar-refractivity contribution in [1.82, 2.24) is 0 Å². The lowest BCUT2D eigenvalue weighted by molar-refractivity contribution is -0.274. The van der Waals surface area contributed by atoms with Gasteiger partial charge in [-0.3, -0.25) is 4.79 Å². The third-order valence-electron chi connectivity index (χ3n) is 3.34. The normalized spacial score (nSPS) is 11.1. The molecule has 168 valence electrons. The Morgan fingerprint density at radius 3 is 2.35 bits per heavy atom. The molecular formula is C19H16ClF4NO6. The van der Waals surface area contributed by atoms with Gasteiger partial charge < -0.3 is 24.3 Å². The SMILES string of the molecule is CC(C)OC(=O)OCOc1cc(F)c(Cl)cc1C(=O)Nc1ccc(OC(F)(F)F)cc1. The van der Waals surface area contributed by atoms with Gasteiger partial charge in [-0.25, -0.2) is 9.18 Å². The van der Waals surface area contributed by atoms with Gasteiger partial charge >= 0.3 is 12.5 Å². The number of rotatable bonds is 7. The van der Waals surface area contributed by atoms with E-state index in [1.54, 1.807) is 13.8 Å². The van der Waals surface area contributed by atoms with Crippen LogP contribution in [-0.4, -0.2) is 31.3 Å². The fourth-order valence-corrected chi connectivity index (χ4v) is 2.30. The van der Waals surface area contributed by atoms with E-state index in [-0.39, 0.29) is 22.0 Å². The zero-order chi connectivity index (χ0) is 23.2. The van der Waals surface area contributed by atoms with Crippen molar-refractivity contribution < 1.29 is 46.1 Å². The van der Waals surface area contributed by atoms with Gasteiger partial charge in [0.2, 0.25) is 6.79 Å². The number of ether oxygens (including phenoxy) is 4. The van der Waals surface area contributed by atoms with E-state index in [2.05, 4.69) is 14.8 Å². The maximum Gasteiger partial charge on any atom is 0.573 e. The van der Waals surface area contributed by atoms with Gasteiger partial charge in [-0.05, 0) is 44.2 Å². The summed E-state index contributed by atoms with van der Waals surface area (Å²) in [5, 5.41) is 2.01. The maximum absolute atomic E-state index is 13.8. The van der Waals surface area contributed by atoms with E-state index in [1.165, 1.54) is 0 Å². The average Bonchev–Trinajstić information content (AvgIpc) is 2.64. The van der Waals surface area contributed by atoms with E-state index in [0.717, 1.165) is 36.4 Å². The van der Waals surface area contributed by atoms with Crippen LogP contribution in [0.3, 0.4) is 0 Å². The van der Waals surface area contributed by atoms with Crippen molar-refractivity contribution >= 4 is 29.4 Å². The summed E-state index contributed by atoms with van der Waals surface area (Å²) in [6.45, 7) is 2.51. The molecule has 0 spiro atoms. The standard InChI is InChI=1S/C19H16ClF4NO6/c1-10(2)30-18(27)29-9-28-16-8-15(21)14(20)7-13(16)17(26)25-11-3-5-12(6-4-11)31-19(22,23)24/h3-8,10H,9H2,1-2H3,(H,25,26). The lowest BCUT2D eigenvalue weighted by Crippen LogP contribution is -2.18.